The number of rotatable bonds is 5. The Balaban J connectivity index is 2.52. The van der Waals surface area contributed by atoms with Crippen LogP contribution in [0.3, 0.4) is 0 Å². The van der Waals surface area contributed by atoms with Crippen molar-refractivity contribution in [2.75, 3.05) is 7.05 Å². The molecule has 1 aromatic carbocycles. The highest BCUT2D eigenvalue weighted by Gasteiger charge is 2.23. The molecule has 2 rings (SSSR count). The lowest BCUT2D eigenvalue weighted by molar-refractivity contribution is 0.513. The fraction of sp³-hybridized carbons (Fsp3) is 0.400. The molecular formula is C15H19BrFN3. The molecule has 0 spiro atoms. The molecule has 1 atom stereocenters. The second kappa shape index (κ2) is 6.50. The van der Waals surface area contributed by atoms with Crippen molar-refractivity contribution in [3.05, 3.63) is 51.5 Å². The summed E-state index contributed by atoms with van der Waals surface area (Å²) in [5.74, 6) is -0.164. The fourth-order valence-electron chi connectivity index (χ4n) is 2.38. The van der Waals surface area contributed by atoms with Gasteiger partial charge in [-0.05, 0) is 41.9 Å². The van der Waals surface area contributed by atoms with E-state index in [1.54, 1.807) is 19.2 Å². The zero-order valence-electron chi connectivity index (χ0n) is 12.0. The van der Waals surface area contributed by atoms with Crippen LogP contribution in [0, 0.1) is 12.7 Å². The van der Waals surface area contributed by atoms with Crippen molar-refractivity contribution in [3.8, 4) is 0 Å². The van der Waals surface area contributed by atoms with Gasteiger partial charge in [0.15, 0.2) is 0 Å². The van der Waals surface area contributed by atoms with Gasteiger partial charge >= 0.3 is 0 Å². The summed E-state index contributed by atoms with van der Waals surface area (Å²) in [6.45, 7) is 4.69. The topological polar surface area (TPSA) is 29.9 Å². The van der Waals surface area contributed by atoms with Gasteiger partial charge in [-0.15, -0.1) is 0 Å². The molecule has 0 fully saturated rings. The molecule has 3 nitrogen and oxygen atoms in total. The van der Waals surface area contributed by atoms with Gasteiger partial charge in [-0.3, -0.25) is 4.68 Å². The molecule has 0 bridgehead atoms. The standard InChI is InChI=1S/C15H19BrFN3/c1-4-8-20-15(12(16)9-19-20)14(18-3)11-7-5-6-10(2)13(11)17/h5-7,9,14,18H,4,8H2,1-3H3. The summed E-state index contributed by atoms with van der Waals surface area (Å²) >= 11 is 3.52. The third-order valence-corrected chi connectivity index (χ3v) is 3.97. The molecule has 1 heterocycles. The maximum atomic E-state index is 14.4. The number of hydrogen-bond acceptors (Lipinski definition) is 2. The number of hydrogen-bond donors (Lipinski definition) is 1. The molecule has 20 heavy (non-hydrogen) atoms. The van der Waals surface area contributed by atoms with E-state index < -0.39 is 0 Å². The fourth-order valence-corrected chi connectivity index (χ4v) is 2.91. The van der Waals surface area contributed by atoms with E-state index in [2.05, 4.69) is 33.3 Å². The van der Waals surface area contributed by atoms with Crippen LogP contribution < -0.4 is 5.32 Å². The number of halogens is 2. The normalized spacial score (nSPS) is 12.7. The second-order valence-electron chi connectivity index (χ2n) is 4.80. The Hall–Kier alpha value is -1.20. The number of nitrogens with zero attached hydrogens (tertiary/aromatic N) is 2. The van der Waals surface area contributed by atoms with E-state index >= 15 is 0 Å². The Morgan fingerprint density at radius 1 is 1.45 bits per heavy atom. The summed E-state index contributed by atoms with van der Waals surface area (Å²) in [5.41, 5.74) is 2.25. The minimum Gasteiger partial charge on any atom is -0.308 e. The lowest BCUT2D eigenvalue weighted by Crippen LogP contribution is -2.23. The van der Waals surface area contributed by atoms with Crippen LogP contribution >= 0.6 is 15.9 Å². The first-order chi connectivity index (χ1) is 9.60. The van der Waals surface area contributed by atoms with Crippen LogP contribution in [0.15, 0.2) is 28.9 Å². The van der Waals surface area contributed by atoms with Gasteiger partial charge in [-0.1, -0.05) is 25.1 Å². The van der Waals surface area contributed by atoms with Crippen molar-refractivity contribution in [2.45, 2.75) is 32.9 Å². The van der Waals surface area contributed by atoms with Crippen LogP contribution in [0.4, 0.5) is 4.39 Å². The SMILES string of the molecule is CCCn1ncc(Br)c1C(NC)c1cccc(C)c1F. The van der Waals surface area contributed by atoms with Crippen molar-refractivity contribution in [1.29, 1.82) is 0 Å². The smallest absolute Gasteiger partial charge is 0.131 e. The van der Waals surface area contributed by atoms with Gasteiger partial charge < -0.3 is 5.32 Å². The lowest BCUT2D eigenvalue weighted by atomic mass is 10.0. The maximum absolute atomic E-state index is 14.4. The molecule has 0 amide bonds. The van der Waals surface area contributed by atoms with Gasteiger partial charge in [-0.25, -0.2) is 4.39 Å². The first kappa shape index (κ1) is 15.2. The van der Waals surface area contributed by atoms with Gasteiger partial charge in [0.25, 0.3) is 0 Å². The monoisotopic (exact) mass is 339 g/mol. The molecule has 0 aliphatic heterocycles. The maximum Gasteiger partial charge on any atom is 0.131 e. The second-order valence-corrected chi connectivity index (χ2v) is 5.66. The summed E-state index contributed by atoms with van der Waals surface area (Å²) in [5, 5.41) is 7.56. The van der Waals surface area contributed by atoms with Gasteiger partial charge in [0, 0.05) is 12.1 Å². The van der Waals surface area contributed by atoms with E-state index in [1.165, 1.54) is 0 Å². The Kier molecular flexibility index (Phi) is 4.94. The molecule has 1 aromatic heterocycles. The molecule has 0 saturated carbocycles. The predicted molar refractivity (Wildman–Crippen MR) is 82.3 cm³/mol. The molecular weight excluding hydrogens is 321 g/mol. The molecule has 5 heteroatoms. The number of aromatic nitrogens is 2. The van der Waals surface area contributed by atoms with Crippen LogP contribution in [-0.4, -0.2) is 16.8 Å². The third-order valence-electron chi connectivity index (χ3n) is 3.36. The third kappa shape index (κ3) is 2.79. The Bertz CT molecular complexity index is 595. The Morgan fingerprint density at radius 2 is 2.20 bits per heavy atom. The van der Waals surface area contributed by atoms with Crippen LogP contribution in [0.1, 0.15) is 36.2 Å². The molecule has 0 aliphatic rings. The highest BCUT2D eigenvalue weighted by molar-refractivity contribution is 9.10. The highest BCUT2D eigenvalue weighted by Crippen LogP contribution is 2.30. The van der Waals surface area contributed by atoms with Gasteiger partial charge in [0.1, 0.15) is 5.82 Å². The average Bonchev–Trinajstić information content (AvgIpc) is 2.78. The van der Waals surface area contributed by atoms with Gasteiger partial charge in [0.05, 0.1) is 22.4 Å². The first-order valence-electron chi connectivity index (χ1n) is 6.73. The van der Waals surface area contributed by atoms with E-state index in [4.69, 9.17) is 0 Å². The summed E-state index contributed by atoms with van der Waals surface area (Å²) < 4.78 is 17.2. The highest BCUT2D eigenvalue weighted by atomic mass is 79.9. The van der Waals surface area contributed by atoms with Gasteiger partial charge in [0.2, 0.25) is 0 Å². The van der Waals surface area contributed by atoms with Crippen molar-refractivity contribution < 1.29 is 4.39 Å². The predicted octanol–water partition coefficient (Wildman–Crippen LogP) is 3.81. The minimum absolute atomic E-state index is 0.164. The van der Waals surface area contributed by atoms with Crippen LogP contribution in [-0.2, 0) is 6.54 Å². The number of benzene rings is 1. The average molecular weight is 340 g/mol. The first-order valence-corrected chi connectivity index (χ1v) is 7.52. The van der Waals surface area contributed by atoms with Crippen LogP contribution in [0.5, 0.6) is 0 Å². The molecule has 0 aliphatic carbocycles. The van der Waals surface area contributed by atoms with E-state index in [-0.39, 0.29) is 11.9 Å². The van der Waals surface area contributed by atoms with Crippen molar-refractivity contribution in [2.24, 2.45) is 0 Å². The summed E-state index contributed by atoms with van der Waals surface area (Å²) in [6, 6.07) is 5.26. The van der Waals surface area contributed by atoms with E-state index in [0.29, 0.717) is 11.1 Å². The Labute approximate surface area is 127 Å². The van der Waals surface area contributed by atoms with Crippen molar-refractivity contribution in [3.63, 3.8) is 0 Å². The molecule has 0 saturated heterocycles. The van der Waals surface area contributed by atoms with Crippen molar-refractivity contribution in [1.82, 2.24) is 15.1 Å². The van der Waals surface area contributed by atoms with Gasteiger partial charge in [-0.2, -0.15) is 5.10 Å². The van der Waals surface area contributed by atoms with Crippen molar-refractivity contribution >= 4 is 15.9 Å². The zero-order chi connectivity index (χ0) is 14.7. The molecule has 108 valence electrons. The van der Waals surface area contributed by atoms with E-state index in [0.717, 1.165) is 23.1 Å². The van der Waals surface area contributed by atoms with E-state index in [1.807, 2.05) is 23.9 Å². The van der Waals surface area contributed by atoms with Crippen LogP contribution in [0.2, 0.25) is 0 Å². The molecule has 1 unspecified atom stereocenters. The number of nitrogens with one attached hydrogen (secondary N) is 1. The lowest BCUT2D eigenvalue weighted by Gasteiger charge is -2.20. The summed E-state index contributed by atoms with van der Waals surface area (Å²) in [4.78, 5) is 0. The molecule has 1 N–H and O–H groups in total. The quantitative estimate of drug-likeness (QED) is 0.897. The zero-order valence-corrected chi connectivity index (χ0v) is 13.5. The molecule has 2 aromatic rings. The Morgan fingerprint density at radius 3 is 2.85 bits per heavy atom. The van der Waals surface area contributed by atoms with Crippen LogP contribution in [0.25, 0.3) is 0 Å². The molecule has 0 radical (unpaired) electrons. The summed E-state index contributed by atoms with van der Waals surface area (Å²) in [7, 11) is 1.84. The largest absolute Gasteiger partial charge is 0.308 e. The minimum atomic E-state index is -0.224. The summed E-state index contributed by atoms with van der Waals surface area (Å²) in [6.07, 6.45) is 2.75. The van der Waals surface area contributed by atoms with E-state index in [9.17, 15) is 4.39 Å². The number of aryl methyl sites for hydroxylation is 2.